The Balaban J connectivity index is 1.82. The first-order chi connectivity index (χ1) is 23.1. The summed E-state index contributed by atoms with van der Waals surface area (Å²) >= 11 is 0. The normalized spacial score (nSPS) is 15.0. The lowest BCUT2D eigenvalue weighted by Gasteiger charge is -2.40. The number of likely N-dealkylation sites (N-methyl/N-ethyl adjacent to an activating group) is 1. The third-order valence-corrected chi connectivity index (χ3v) is 9.22. The van der Waals surface area contributed by atoms with Gasteiger partial charge < -0.3 is 14.5 Å². The predicted molar refractivity (Wildman–Crippen MR) is 173 cm³/mol. The van der Waals surface area contributed by atoms with E-state index >= 15 is 0 Å². The van der Waals surface area contributed by atoms with E-state index in [1.807, 2.05) is 17.9 Å². The number of benzene rings is 2. The van der Waals surface area contributed by atoms with Crippen molar-refractivity contribution in [1.82, 2.24) is 4.98 Å². The first-order valence-corrected chi connectivity index (χ1v) is 15.8. The van der Waals surface area contributed by atoms with Crippen LogP contribution < -0.4 is 9.80 Å². The second-order valence-electron chi connectivity index (χ2n) is 13.4. The molecule has 3 aromatic rings. The van der Waals surface area contributed by atoms with E-state index in [0.717, 1.165) is 4.90 Å². The van der Waals surface area contributed by atoms with Gasteiger partial charge in [-0.2, -0.15) is 31.6 Å². The number of halogens is 7. The minimum Gasteiger partial charge on any atom is -0.466 e. The highest BCUT2D eigenvalue weighted by molar-refractivity contribution is 6.04. The fraction of sp³-hybridized carbons (Fsp3) is 0.444. The SMILES string of the molecule is CCOC(=O)CC1(C)CCN(c2cc(-c3ccc(F)cc3C)c(N(C)C(=O)C(C)(C)c3cc(C(F)(F)F)cc(C(F)(F)F)c3)c(C#N)n2)CC1. The number of carbonyl (C=O) groups is 2. The number of ether oxygens (including phenoxy) is 1. The Bertz CT molecular complexity index is 1790. The number of carbonyl (C=O) groups excluding carboxylic acids is 2. The number of piperidine rings is 1. The van der Waals surface area contributed by atoms with Gasteiger partial charge in [0, 0.05) is 25.7 Å². The summed E-state index contributed by atoms with van der Waals surface area (Å²) in [5.74, 6) is -1.42. The second kappa shape index (κ2) is 13.9. The van der Waals surface area contributed by atoms with Crippen molar-refractivity contribution in [2.45, 2.75) is 71.6 Å². The molecule has 1 aromatic heterocycles. The third kappa shape index (κ3) is 8.03. The average molecular weight is 707 g/mol. The molecule has 14 heteroatoms. The van der Waals surface area contributed by atoms with Crippen molar-refractivity contribution in [3.05, 3.63) is 76.2 Å². The lowest BCUT2D eigenvalue weighted by molar-refractivity contribution is -0.146. The van der Waals surface area contributed by atoms with Gasteiger partial charge in [-0.15, -0.1) is 0 Å². The summed E-state index contributed by atoms with van der Waals surface area (Å²) in [4.78, 5) is 33.8. The molecular weight excluding hydrogens is 669 g/mol. The fourth-order valence-electron chi connectivity index (χ4n) is 6.21. The van der Waals surface area contributed by atoms with Gasteiger partial charge in [0.05, 0.1) is 35.3 Å². The second-order valence-corrected chi connectivity index (χ2v) is 13.4. The van der Waals surface area contributed by atoms with Crippen LogP contribution in [-0.4, -0.2) is 43.6 Å². The molecule has 0 aliphatic carbocycles. The molecule has 0 atom stereocenters. The van der Waals surface area contributed by atoms with Gasteiger partial charge >= 0.3 is 18.3 Å². The lowest BCUT2D eigenvalue weighted by Crippen LogP contribution is -2.43. The molecule has 268 valence electrons. The molecule has 1 saturated heterocycles. The van der Waals surface area contributed by atoms with E-state index in [-0.39, 0.29) is 47.4 Å². The molecule has 1 aliphatic heterocycles. The van der Waals surface area contributed by atoms with Crippen molar-refractivity contribution in [1.29, 1.82) is 5.26 Å². The Morgan fingerprint density at radius 1 is 0.960 bits per heavy atom. The molecule has 0 bridgehead atoms. The van der Waals surface area contributed by atoms with Gasteiger partial charge in [-0.3, -0.25) is 9.59 Å². The number of amides is 1. The van der Waals surface area contributed by atoms with Crippen molar-refractivity contribution in [2.24, 2.45) is 5.41 Å². The van der Waals surface area contributed by atoms with Crippen molar-refractivity contribution < 1.29 is 45.1 Å². The maximum absolute atomic E-state index is 14.2. The molecule has 4 rings (SSSR count). The number of aromatic nitrogens is 1. The standard InChI is InChI=1S/C36H37F7N4O3/c1-7-50-30(48)19-34(5)10-12-47(13-11-34)29-18-27(26-9-8-25(37)14-21(26)2)31(28(20-44)45-29)46(6)32(49)33(3,4)22-15-23(35(38,39)40)17-24(16-22)36(41,42)43/h8-9,14-18H,7,10-13,19H2,1-6H3. The Morgan fingerprint density at radius 2 is 1.52 bits per heavy atom. The number of hydrogen-bond acceptors (Lipinski definition) is 6. The van der Waals surface area contributed by atoms with Crippen molar-refractivity contribution in [3.63, 3.8) is 0 Å². The van der Waals surface area contributed by atoms with E-state index < -0.39 is 46.2 Å². The first-order valence-electron chi connectivity index (χ1n) is 15.8. The molecule has 50 heavy (non-hydrogen) atoms. The number of anilines is 2. The minimum atomic E-state index is -5.13. The van der Waals surface area contributed by atoms with Crippen LogP contribution in [0.25, 0.3) is 11.1 Å². The molecule has 2 heterocycles. The Morgan fingerprint density at radius 3 is 2.02 bits per heavy atom. The predicted octanol–water partition coefficient (Wildman–Crippen LogP) is 8.61. The van der Waals surface area contributed by atoms with Gasteiger partial charge in [-0.1, -0.05) is 13.0 Å². The van der Waals surface area contributed by atoms with E-state index in [1.54, 1.807) is 19.9 Å². The molecule has 1 aliphatic rings. The highest BCUT2D eigenvalue weighted by Crippen LogP contribution is 2.43. The molecule has 2 aromatic carbocycles. The van der Waals surface area contributed by atoms with Gasteiger partial charge in [-0.05, 0) is 99.0 Å². The maximum Gasteiger partial charge on any atom is 0.416 e. The number of alkyl halides is 6. The number of nitrogens with zero attached hydrogens (tertiary/aromatic N) is 4. The fourth-order valence-corrected chi connectivity index (χ4v) is 6.21. The summed E-state index contributed by atoms with van der Waals surface area (Å²) in [5, 5.41) is 10.3. The number of esters is 1. The quantitative estimate of drug-likeness (QED) is 0.172. The van der Waals surface area contributed by atoms with Gasteiger partial charge in [0.25, 0.3) is 0 Å². The molecule has 0 N–H and O–H groups in total. The highest BCUT2D eigenvalue weighted by Gasteiger charge is 2.42. The first kappa shape index (κ1) is 38.1. The van der Waals surface area contributed by atoms with Crippen LogP contribution in [-0.2, 0) is 32.1 Å². The summed E-state index contributed by atoms with van der Waals surface area (Å²) in [6.45, 7) is 8.88. The molecule has 1 fully saturated rings. The van der Waals surface area contributed by atoms with Crippen molar-refractivity contribution in [3.8, 4) is 17.2 Å². The van der Waals surface area contributed by atoms with Crippen LogP contribution in [0.4, 0.5) is 42.2 Å². The van der Waals surface area contributed by atoms with Crippen LogP contribution >= 0.6 is 0 Å². The zero-order chi connectivity index (χ0) is 37.4. The zero-order valence-corrected chi connectivity index (χ0v) is 28.4. The van der Waals surface area contributed by atoms with Crippen LogP contribution in [0.5, 0.6) is 0 Å². The van der Waals surface area contributed by atoms with E-state index in [9.17, 15) is 45.6 Å². The lowest BCUT2D eigenvalue weighted by atomic mass is 9.77. The smallest absolute Gasteiger partial charge is 0.416 e. The summed E-state index contributed by atoms with van der Waals surface area (Å²) in [6.07, 6.45) is -8.86. The number of aryl methyl sites for hydroxylation is 1. The number of pyridine rings is 1. The van der Waals surface area contributed by atoms with E-state index in [4.69, 9.17) is 4.74 Å². The van der Waals surface area contributed by atoms with Crippen LogP contribution in [0.1, 0.15) is 74.9 Å². The third-order valence-electron chi connectivity index (χ3n) is 9.22. The maximum atomic E-state index is 14.2. The summed E-state index contributed by atoms with van der Waals surface area (Å²) in [7, 11) is 1.25. The van der Waals surface area contributed by atoms with Crippen molar-refractivity contribution in [2.75, 3.05) is 36.5 Å². The number of hydrogen-bond donors (Lipinski definition) is 0. The number of rotatable bonds is 8. The van der Waals surface area contributed by atoms with Gasteiger partial charge in [-0.25, -0.2) is 9.37 Å². The van der Waals surface area contributed by atoms with Gasteiger partial charge in [0.2, 0.25) is 5.91 Å². The largest absolute Gasteiger partial charge is 0.466 e. The van der Waals surface area contributed by atoms with E-state index in [0.29, 0.717) is 55.0 Å². The van der Waals surface area contributed by atoms with Crippen LogP contribution in [0.15, 0.2) is 42.5 Å². The van der Waals surface area contributed by atoms with Crippen LogP contribution in [0.2, 0.25) is 0 Å². The van der Waals surface area contributed by atoms with Crippen LogP contribution in [0.3, 0.4) is 0 Å². The van der Waals surface area contributed by atoms with Gasteiger partial charge in [0.15, 0.2) is 5.69 Å². The van der Waals surface area contributed by atoms with Crippen molar-refractivity contribution >= 4 is 23.4 Å². The molecule has 0 spiro atoms. The Kier molecular flexibility index (Phi) is 10.6. The highest BCUT2D eigenvalue weighted by atomic mass is 19.4. The average Bonchev–Trinajstić information content (AvgIpc) is 3.02. The van der Waals surface area contributed by atoms with E-state index in [1.165, 1.54) is 39.1 Å². The topological polar surface area (TPSA) is 86.5 Å². The number of nitriles is 1. The monoisotopic (exact) mass is 706 g/mol. The molecular formula is C36H37F7N4O3. The molecule has 0 unspecified atom stereocenters. The minimum absolute atomic E-state index is 0.0142. The van der Waals surface area contributed by atoms with Crippen LogP contribution in [0, 0.1) is 29.5 Å². The summed E-state index contributed by atoms with van der Waals surface area (Å²) < 4.78 is 102. The molecule has 1 amide bonds. The Labute approximate surface area is 285 Å². The Hall–Kier alpha value is -4.67. The zero-order valence-electron chi connectivity index (χ0n) is 28.4. The molecule has 0 radical (unpaired) electrons. The molecule has 7 nitrogen and oxygen atoms in total. The molecule has 0 saturated carbocycles. The van der Waals surface area contributed by atoms with E-state index in [2.05, 4.69) is 4.98 Å². The van der Waals surface area contributed by atoms with Gasteiger partial charge in [0.1, 0.15) is 17.7 Å². The summed E-state index contributed by atoms with van der Waals surface area (Å²) in [5.41, 5.74) is -5.17. The summed E-state index contributed by atoms with van der Waals surface area (Å²) in [6, 6.07) is 8.50.